The summed E-state index contributed by atoms with van der Waals surface area (Å²) in [5, 5.41) is 0.578. The molecule has 1 heterocycles. The summed E-state index contributed by atoms with van der Waals surface area (Å²) in [7, 11) is 0. The Morgan fingerprint density at radius 2 is 2.21 bits per heavy atom. The second kappa shape index (κ2) is 4.37. The van der Waals surface area contributed by atoms with Crippen LogP contribution in [0.1, 0.15) is 16.8 Å². The lowest BCUT2D eigenvalue weighted by Crippen LogP contribution is -2.14. The quantitative estimate of drug-likeness (QED) is 0.720. The van der Waals surface area contributed by atoms with Crippen LogP contribution in [0.4, 0.5) is 0 Å². The average molecular weight is 227 g/mol. The molecule has 1 nitrogen and oxygen atoms in total. The van der Waals surface area contributed by atoms with Gasteiger partial charge in [0.2, 0.25) is 0 Å². The minimum absolute atomic E-state index is 0.180. The summed E-state index contributed by atoms with van der Waals surface area (Å²) >= 11 is 7.82. The molecule has 1 saturated heterocycles. The normalized spacial score (nSPS) is 21.1. The van der Waals surface area contributed by atoms with Crippen molar-refractivity contribution in [1.29, 1.82) is 0 Å². The van der Waals surface area contributed by atoms with Crippen LogP contribution in [0.5, 0.6) is 0 Å². The number of thioether (sulfide) groups is 1. The van der Waals surface area contributed by atoms with E-state index in [0.717, 1.165) is 17.9 Å². The lowest BCUT2D eigenvalue weighted by Gasteiger charge is -2.08. The fourth-order valence-corrected chi connectivity index (χ4v) is 3.07. The monoisotopic (exact) mass is 226 g/mol. The third-order valence-electron chi connectivity index (χ3n) is 2.44. The number of rotatable bonds is 2. The van der Waals surface area contributed by atoms with E-state index in [0.29, 0.717) is 10.6 Å². The molecule has 1 aliphatic rings. The van der Waals surface area contributed by atoms with Crippen LogP contribution in [0.2, 0.25) is 5.02 Å². The maximum atomic E-state index is 12.0. The molecule has 0 saturated carbocycles. The van der Waals surface area contributed by atoms with Gasteiger partial charge in [-0.05, 0) is 24.3 Å². The minimum Gasteiger partial charge on any atom is -0.294 e. The molecule has 0 N–H and O–H groups in total. The summed E-state index contributed by atoms with van der Waals surface area (Å²) in [6.07, 6.45) is 0.995. The van der Waals surface area contributed by atoms with Crippen molar-refractivity contribution in [2.45, 2.75) is 6.42 Å². The highest BCUT2D eigenvalue weighted by Crippen LogP contribution is 2.28. The van der Waals surface area contributed by atoms with Gasteiger partial charge in [-0.15, -0.1) is 0 Å². The molecule has 74 valence electrons. The van der Waals surface area contributed by atoms with Gasteiger partial charge in [-0.1, -0.05) is 23.7 Å². The van der Waals surface area contributed by atoms with Crippen LogP contribution < -0.4 is 0 Å². The third-order valence-corrected chi connectivity index (χ3v) is 3.93. The molecule has 1 unspecified atom stereocenters. The summed E-state index contributed by atoms with van der Waals surface area (Å²) in [6.45, 7) is 0. The summed E-state index contributed by atoms with van der Waals surface area (Å²) < 4.78 is 0. The van der Waals surface area contributed by atoms with Crippen molar-refractivity contribution in [2.75, 3.05) is 11.5 Å². The topological polar surface area (TPSA) is 17.1 Å². The molecular formula is C11H11ClOS. The number of Topliss-reactive ketones (excluding diaryl/α,β-unsaturated/α-hetero) is 1. The van der Waals surface area contributed by atoms with E-state index in [1.807, 2.05) is 30.0 Å². The third kappa shape index (κ3) is 1.96. The molecule has 14 heavy (non-hydrogen) atoms. The van der Waals surface area contributed by atoms with E-state index in [4.69, 9.17) is 11.6 Å². The molecular weight excluding hydrogens is 216 g/mol. The largest absolute Gasteiger partial charge is 0.294 e. The Kier molecular flexibility index (Phi) is 3.14. The Hall–Kier alpha value is -0.470. The summed E-state index contributed by atoms with van der Waals surface area (Å²) in [5.74, 6) is 2.44. The zero-order chi connectivity index (χ0) is 9.97. The number of ketones is 1. The molecule has 1 atom stereocenters. The van der Waals surface area contributed by atoms with Crippen molar-refractivity contribution < 1.29 is 4.79 Å². The van der Waals surface area contributed by atoms with Gasteiger partial charge in [-0.25, -0.2) is 0 Å². The number of halogens is 1. The van der Waals surface area contributed by atoms with Crippen LogP contribution in [-0.4, -0.2) is 17.3 Å². The summed E-state index contributed by atoms with van der Waals surface area (Å²) in [6, 6.07) is 7.30. The molecule has 0 bridgehead atoms. The van der Waals surface area contributed by atoms with E-state index >= 15 is 0 Å². The molecule has 0 aromatic heterocycles. The van der Waals surface area contributed by atoms with Crippen LogP contribution in [0.3, 0.4) is 0 Å². The van der Waals surface area contributed by atoms with E-state index in [1.165, 1.54) is 0 Å². The number of hydrogen-bond donors (Lipinski definition) is 0. The standard InChI is InChI=1S/C11H11ClOS/c12-10-4-2-1-3-9(10)11(13)8-5-6-14-7-8/h1-4,8H,5-7H2. The predicted molar refractivity (Wildman–Crippen MR) is 61.2 cm³/mol. The first kappa shape index (κ1) is 10.1. The molecule has 1 aromatic carbocycles. The highest BCUT2D eigenvalue weighted by Gasteiger charge is 2.25. The van der Waals surface area contributed by atoms with Crippen LogP contribution in [0, 0.1) is 5.92 Å². The van der Waals surface area contributed by atoms with Crippen molar-refractivity contribution in [3.8, 4) is 0 Å². The fourth-order valence-electron chi connectivity index (χ4n) is 1.62. The molecule has 1 aliphatic heterocycles. The Morgan fingerprint density at radius 3 is 2.86 bits per heavy atom. The first-order valence-corrected chi connectivity index (χ1v) is 6.19. The van der Waals surface area contributed by atoms with Gasteiger partial charge in [0, 0.05) is 17.2 Å². The maximum Gasteiger partial charge on any atom is 0.168 e. The molecule has 0 aliphatic carbocycles. The Bertz CT molecular complexity index is 345. The van der Waals surface area contributed by atoms with Crippen molar-refractivity contribution >= 4 is 29.1 Å². The van der Waals surface area contributed by atoms with Crippen molar-refractivity contribution in [3.05, 3.63) is 34.9 Å². The number of carbonyl (C=O) groups is 1. The second-order valence-corrected chi connectivity index (χ2v) is 4.96. The first-order chi connectivity index (χ1) is 6.79. The zero-order valence-corrected chi connectivity index (χ0v) is 9.27. The molecule has 0 radical (unpaired) electrons. The Morgan fingerprint density at radius 1 is 1.43 bits per heavy atom. The highest BCUT2D eigenvalue weighted by atomic mass is 35.5. The average Bonchev–Trinajstić information content (AvgIpc) is 2.70. The van der Waals surface area contributed by atoms with Crippen LogP contribution in [-0.2, 0) is 0 Å². The SMILES string of the molecule is O=C(c1ccccc1Cl)C1CCSC1. The number of hydrogen-bond acceptors (Lipinski definition) is 2. The molecule has 2 rings (SSSR count). The van der Waals surface area contributed by atoms with Crippen molar-refractivity contribution in [2.24, 2.45) is 5.92 Å². The van der Waals surface area contributed by atoms with Gasteiger partial charge in [-0.3, -0.25) is 4.79 Å². The van der Waals surface area contributed by atoms with Gasteiger partial charge in [0.1, 0.15) is 0 Å². The van der Waals surface area contributed by atoms with E-state index in [-0.39, 0.29) is 11.7 Å². The predicted octanol–water partition coefficient (Wildman–Crippen LogP) is 3.28. The van der Waals surface area contributed by atoms with Crippen molar-refractivity contribution in [3.63, 3.8) is 0 Å². The van der Waals surface area contributed by atoms with Crippen LogP contribution in [0.15, 0.2) is 24.3 Å². The molecule has 1 fully saturated rings. The number of benzene rings is 1. The maximum absolute atomic E-state index is 12.0. The van der Waals surface area contributed by atoms with Crippen molar-refractivity contribution in [1.82, 2.24) is 0 Å². The van der Waals surface area contributed by atoms with Gasteiger partial charge in [0.15, 0.2) is 5.78 Å². The smallest absolute Gasteiger partial charge is 0.168 e. The highest BCUT2D eigenvalue weighted by molar-refractivity contribution is 7.99. The van der Waals surface area contributed by atoms with Crippen LogP contribution >= 0.6 is 23.4 Å². The van der Waals surface area contributed by atoms with Gasteiger partial charge in [0.05, 0.1) is 5.02 Å². The molecule has 0 amide bonds. The summed E-state index contributed by atoms with van der Waals surface area (Å²) in [4.78, 5) is 12.0. The molecule has 0 spiro atoms. The number of carbonyl (C=O) groups excluding carboxylic acids is 1. The van der Waals surface area contributed by atoms with E-state index < -0.39 is 0 Å². The van der Waals surface area contributed by atoms with Gasteiger partial charge < -0.3 is 0 Å². The fraction of sp³-hybridized carbons (Fsp3) is 0.364. The minimum atomic E-state index is 0.180. The Labute approximate surface area is 92.8 Å². The van der Waals surface area contributed by atoms with Crippen LogP contribution in [0.25, 0.3) is 0 Å². The summed E-state index contributed by atoms with van der Waals surface area (Å²) in [5.41, 5.74) is 0.682. The van der Waals surface area contributed by atoms with E-state index in [1.54, 1.807) is 6.07 Å². The lowest BCUT2D eigenvalue weighted by atomic mass is 9.97. The second-order valence-electron chi connectivity index (χ2n) is 3.40. The molecule has 3 heteroatoms. The first-order valence-electron chi connectivity index (χ1n) is 4.65. The van der Waals surface area contributed by atoms with E-state index in [2.05, 4.69) is 0 Å². The van der Waals surface area contributed by atoms with Gasteiger partial charge >= 0.3 is 0 Å². The lowest BCUT2D eigenvalue weighted by molar-refractivity contribution is 0.0934. The molecule has 1 aromatic rings. The van der Waals surface area contributed by atoms with Gasteiger partial charge in [0.25, 0.3) is 0 Å². The van der Waals surface area contributed by atoms with E-state index in [9.17, 15) is 4.79 Å². The van der Waals surface area contributed by atoms with Gasteiger partial charge in [-0.2, -0.15) is 11.8 Å². The Balaban J connectivity index is 2.22. The zero-order valence-electron chi connectivity index (χ0n) is 7.70.